The Bertz CT molecular complexity index is 747. The maximum Gasteiger partial charge on any atom is 0.416 e. The van der Waals surface area contributed by atoms with Crippen molar-refractivity contribution < 1.29 is 36.5 Å². The van der Waals surface area contributed by atoms with Gasteiger partial charge in [0.25, 0.3) is 0 Å². The summed E-state index contributed by atoms with van der Waals surface area (Å²) in [4.78, 5) is -0.313. The third-order valence-corrected chi connectivity index (χ3v) is 15.2. The van der Waals surface area contributed by atoms with Crippen LogP contribution in [0.15, 0.2) is 23.1 Å². The molecule has 0 spiro atoms. The van der Waals surface area contributed by atoms with Crippen LogP contribution in [-0.2, 0) is 24.4 Å². The minimum Gasteiger partial charge on any atom is -0.507 e. The molecule has 1 aromatic rings. The Morgan fingerprint density at radius 3 is 1.86 bits per heavy atom. The van der Waals surface area contributed by atoms with Gasteiger partial charge < -0.3 is 14.2 Å². The van der Waals surface area contributed by atoms with E-state index in [-0.39, 0.29) is 30.4 Å². The molecule has 0 fully saturated rings. The SMILES string of the molecule is CCOP(=O)(CC)C(Cl)(Sc1cc(C(F)(F)F)ccc1O)P(=O)(CC)OCC. The van der Waals surface area contributed by atoms with E-state index in [4.69, 9.17) is 20.6 Å². The standard InChI is InChI=1S/C16H24ClF3O5P2S/c1-5-24-26(22,7-3)16(17,27(23,8-4)25-6-2)28-14-11-12(15(18,19)20)9-10-13(14)21/h9-11,21H,5-8H2,1-4H3. The highest BCUT2D eigenvalue weighted by Gasteiger charge is 2.61. The molecule has 28 heavy (non-hydrogen) atoms. The van der Waals surface area contributed by atoms with Gasteiger partial charge in [-0.25, -0.2) is 0 Å². The van der Waals surface area contributed by atoms with Gasteiger partial charge >= 0.3 is 6.18 Å². The minimum absolute atomic E-state index is 0.00937. The number of phenolic OH excluding ortho intramolecular Hbond substituents is 1. The molecule has 12 heteroatoms. The lowest BCUT2D eigenvalue weighted by atomic mass is 10.2. The molecule has 0 aliphatic rings. The molecule has 0 aliphatic heterocycles. The van der Waals surface area contributed by atoms with E-state index in [0.717, 1.165) is 6.07 Å². The minimum atomic E-state index is -4.67. The zero-order valence-corrected chi connectivity index (χ0v) is 19.3. The molecule has 0 heterocycles. The molecule has 0 radical (unpaired) electrons. The van der Waals surface area contributed by atoms with Gasteiger partial charge in [0.05, 0.1) is 23.7 Å². The zero-order valence-electron chi connectivity index (χ0n) is 16.0. The van der Waals surface area contributed by atoms with Crippen LogP contribution in [0.3, 0.4) is 0 Å². The quantitative estimate of drug-likeness (QED) is 0.219. The van der Waals surface area contributed by atoms with E-state index in [2.05, 4.69) is 0 Å². The largest absolute Gasteiger partial charge is 0.507 e. The number of halogens is 4. The summed E-state index contributed by atoms with van der Waals surface area (Å²) in [5, 5.41) is 10.1. The van der Waals surface area contributed by atoms with Crippen molar-refractivity contribution in [1.29, 1.82) is 0 Å². The highest BCUT2D eigenvalue weighted by atomic mass is 35.5. The van der Waals surface area contributed by atoms with Gasteiger partial charge in [-0.3, -0.25) is 9.13 Å². The van der Waals surface area contributed by atoms with Gasteiger partial charge in [0.1, 0.15) is 5.75 Å². The van der Waals surface area contributed by atoms with Gasteiger partial charge in [0, 0.05) is 12.3 Å². The Kier molecular flexibility index (Phi) is 9.01. The topological polar surface area (TPSA) is 72.8 Å². The number of hydrogen-bond donors (Lipinski definition) is 1. The summed E-state index contributed by atoms with van der Waals surface area (Å²) in [7, 11) is -7.77. The highest BCUT2D eigenvalue weighted by Crippen LogP contribution is 2.83. The first-order valence-electron chi connectivity index (χ1n) is 8.59. The fourth-order valence-electron chi connectivity index (χ4n) is 2.43. The molecule has 1 N–H and O–H groups in total. The lowest BCUT2D eigenvalue weighted by molar-refractivity contribution is -0.137. The predicted molar refractivity (Wildman–Crippen MR) is 107 cm³/mol. The van der Waals surface area contributed by atoms with Crippen LogP contribution in [0, 0.1) is 0 Å². The van der Waals surface area contributed by atoms with E-state index in [0.29, 0.717) is 23.9 Å². The van der Waals surface area contributed by atoms with Gasteiger partial charge in [0.15, 0.2) is 0 Å². The molecule has 0 aliphatic carbocycles. The number of aromatic hydroxyl groups is 1. The second-order valence-electron chi connectivity index (χ2n) is 5.63. The molecule has 1 rings (SSSR count). The third kappa shape index (κ3) is 5.11. The molecular weight excluding hydrogens is 459 g/mol. The number of thioether (sulfide) groups is 1. The van der Waals surface area contributed by atoms with Crippen LogP contribution in [-0.4, -0.2) is 34.3 Å². The summed E-state index contributed by atoms with van der Waals surface area (Å²) in [5.74, 6) is -0.513. The summed E-state index contributed by atoms with van der Waals surface area (Å²) < 4.78 is 75.0. The van der Waals surface area contributed by atoms with Crippen molar-refractivity contribution in [2.45, 2.75) is 42.5 Å². The van der Waals surface area contributed by atoms with E-state index in [1.54, 1.807) is 13.8 Å². The van der Waals surface area contributed by atoms with Crippen molar-refractivity contribution in [2.24, 2.45) is 0 Å². The lowest BCUT2D eigenvalue weighted by Gasteiger charge is -2.38. The van der Waals surface area contributed by atoms with Crippen molar-refractivity contribution in [3.8, 4) is 5.75 Å². The third-order valence-electron chi connectivity index (χ3n) is 3.88. The van der Waals surface area contributed by atoms with Crippen LogP contribution >= 0.6 is 38.1 Å². The molecule has 0 aromatic heterocycles. The fourth-order valence-corrected chi connectivity index (χ4v) is 12.5. The van der Waals surface area contributed by atoms with Crippen molar-refractivity contribution >= 4 is 38.1 Å². The molecule has 5 nitrogen and oxygen atoms in total. The normalized spacial score (nSPS) is 18.9. The van der Waals surface area contributed by atoms with Crippen LogP contribution in [0.1, 0.15) is 33.3 Å². The number of benzene rings is 1. The van der Waals surface area contributed by atoms with Gasteiger partial charge in [-0.15, -0.1) is 0 Å². The molecule has 0 amide bonds. The van der Waals surface area contributed by atoms with Gasteiger partial charge in [-0.05, 0) is 32.0 Å². The van der Waals surface area contributed by atoms with E-state index < -0.39 is 35.9 Å². The van der Waals surface area contributed by atoms with E-state index in [9.17, 15) is 27.4 Å². The second-order valence-corrected chi connectivity index (χ2v) is 15.0. The molecule has 1 aromatic carbocycles. The van der Waals surface area contributed by atoms with E-state index >= 15 is 0 Å². The van der Waals surface area contributed by atoms with Crippen LogP contribution < -0.4 is 0 Å². The Balaban J connectivity index is 3.68. The molecule has 0 saturated heterocycles. The molecule has 162 valence electrons. The average Bonchev–Trinajstić information content (AvgIpc) is 2.62. The Morgan fingerprint density at radius 2 is 1.50 bits per heavy atom. The number of phenols is 1. The smallest absolute Gasteiger partial charge is 0.416 e. The van der Waals surface area contributed by atoms with E-state index in [1.165, 1.54) is 13.8 Å². The molecule has 2 unspecified atom stereocenters. The summed E-state index contributed by atoms with van der Waals surface area (Å²) in [6, 6.07) is 2.24. The number of alkyl halides is 4. The predicted octanol–water partition coefficient (Wildman–Crippen LogP) is 7.02. The van der Waals surface area contributed by atoms with E-state index in [1.807, 2.05) is 0 Å². The zero-order chi connectivity index (χ0) is 21.8. The van der Waals surface area contributed by atoms with Crippen LogP contribution in [0.2, 0.25) is 0 Å². The molecule has 0 saturated carbocycles. The molecular formula is C16H24ClF3O5P2S. The fraction of sp³-hybridized carbons (Fsp3) is 0.625. The number of hydrogen-bond acceptors (Lipinski definition) is 6. The Hall–Kier alpha value is -0.170. The average molecular weight is 483 g/mol. The highest BCUT2D eigenvalue weighted by molar-refractivity contribution is 8.17. The van der Waals surface area contributed by atoms with Crippen molar-refractivity contribution in [2.75, 3.05) is 25.5 Å². The summed E-state index contributed by atoms with van der Waals surface area (Å²) in [6.07, 6.45) is -4.90. The van der Waals surface area contributed by atoms with Crippen LogP contribution in [0.25, 0.3) is 0 Å². The number of rotatable bonds is 10. The monoisotopic (exact) mass is 482 g/mol. The van der Waals surface area contributed by atoms with Crippen LogP contribution in [0.4, 0.5) is 13.2 Å². The maximum atomic E-state index is 13.6. The Morgan fingerprint density at radius 1 is 1.04 bits per heavy atom. The first-order chi connectivity index (χ1) is 12.8. The van der Waals surface area contributed by atoms with Crippen LogP contribution in [0.5, 0.6) is 5.75 Å². The summed E-state index contributed by atoms with van der Waals surface area (Å²) >= 11 is 7.11. The van der Waals surface area contributed by atoms with Crippen molar-refractivity contribution in [3.05, 3.63) is 23.8 Å². The maximum absolute atomic E-state index is 13.6. The Labute approximate surface area is 172 Å². The van der Waals surface area contributed by atoms with Crippen molar-refractivity contribution in [1.82, 2.24) is 0 Å². The molecule has 0 bridgehead atoms. The first kappa shape index (κ1) is 25.9. The summed E-state index contributed by atoms with van der Waals surface area (Å²) in [5.41, 5.74) is -1.03. The van der Waals surface area contributed by atoms with Gasteiger partial charge in [0.2, 0.25) is 18.4 Å². The second kappa shape index (κ2) is 9.76. The van der Waals surface area contributed by atoms with Crippen molar-refractivity contribution in [3.63, 3.8) is 0 Å². The summed E-state index contributed by atoms with van der Waals surface area (Å²) in [6.45, 7) is 6.17. The first-order valence-corrected chi connectivity index (χ1v) is 13.4. The van der Waals surface area contributed by atoms with Gasteiger partial charge in [-0.2, -0.15) is 13.2 Å². The lowest BCUT2D eigenvalue weighted by Crippen LogP contribution is -2.24. The molecule has 2 atom stereocenters. The van der Waals surface area contributed by atoms with Gasteiger partial charge in [-0.1, -0.05) is 37.2 Å².